The van der Waals surface area contributed by atoms with Crippen LogP contribution >= 0.6 is 0 Å². The Bertz CT molecular complexity index is 1980. The molecule has 0 heterocycles. The van der Waals surface area contributed by atoms with Gasteiger partial charge in [-0.3, -0.25) is 0 Å². The van der Waals surface area contributed by atoms with Crippen LogP contribution in [-0.2, 0) is 12.2 Å². The molecular weight excluding hydrogens is 780 g/mol. The van der Waals surface area contributed by atoms with E-state index in [4.69, 9.17) is 19.3 Å². The van der Waals surface area contributed by atoms with Gasteiger partial charge in [0, 0.05) is 0 Å². The van der Waals surface area contributed by atoms with Crippen LogP contribution in [0.4, 0.5) is 52.7 Å². The lowest BCUT2D eigenvalue weighted by atomic mass is 9.98. The third kappa shape index (κ3) is 10.4. The van der Waals surface area contributed by atoms with Crippen molar-refractivity contribution in [2.75, 3.05) is 19.8 Å². The molecule has 18 heteroatoms. The monoisotopic (exact) mass is 814 g/mol. The van der Waals surface area contributed by atoms with E-state index in [1.807, 2.05) is 6.92 Å². The largest absolute Gasteiger partial charge is 0.505 e. The van der Waals surface area contributed by atoms with Crippen LogP contribution in [-0.4, -0.2) is 24.9 Å². The first kappa shape index (κ1) is 43.6. The van der Waals surface area contributed by atoms with Crippen molar-refractivity contribution in [2.45, 2.75) is 64.6 Å². The summed E-state index contributed by atoms with van der Waals surface area (Å²) in [6.45, 7) is 3.17. The minimum Gasteiger partial charge on any atom is -0.505 e. The Balaban J connectivity index is 1.16. The molecule has 0 radical (unpaired) electrons. The number of rotatable bonds is 20. The highest BCUT2D eigenvalue weighted by molar-refractivity contribution is 5.38. The molecule has 0 aromatic heterocycles. The highest BCUT2D eigenvalue weighted by atomic mass is 19.3. The van der Waals surface area contributed by atoms with E-state index in [-0.39, 0.29) is 25.7 Å². The van der Waals surface area contributed by atoms with Crippen LogP contribution in [0.1, 0.15) is 63.5 Å². The Labute approximate surface area is 312 Å². The number of phenols is 1. The van der Waals surface area contributed by atoms with Gasteiger partial charge in [0.25, 0.3) is 0 Å². The third-order valence-electron chi connectivity index (χ3n) is 8.23. The van der Waals surface area contributed by atoms with E-state index in [1.54, 1.807) is 0 Å². The van der Waals surface area contributed by atoms with E-state index in [9.17, 15) is 52.7 Å². The first-order valence-electron chi connectivity index (χ1n) is 17.0. The van der Waals surface area contributed by atoms with Gasteiger partial charge >= 0.3 is 12.2 Å². The molecule has 0 bridgehead atoms. The van der Waals surface area contributed by atoms with Gasteiger partial charge in [0.15, 0.2) is 46.1 Å². The van der Waals surface area contributed by atoms with E-state index in [2.05, 4.69) is 9.47 Å². The predicted molar refractivity (Wildman–Crippen MR) is 175 cm³/mol. The van der Waals surface area contributed by atoms with Crippen LogP contribution in [0.25, 0.3) is 0 Å². The molecule has 0 aliphatic rings. The van der Waals surface area contributed by atoms with Crippen LogP contribution in [0.5, 0.6) is 34.5 Å². The number of hydrogen-bond acceptors (Lipinski definition) is 6. The number of halogens is 12. The SMILES string of the molecule is CCOc1ccc(C(F)(F)Oc2ccc(OCCCCC(C)CCCCOc3ccc(OC(F)(F)c4ccc(O)c(F)c4F)c(F)c3F)c(F)c2F)c(F)c1F. The van der Waals surface area contributed by atoms with Gasteiger partial charge in [-0.25, -0.2) is 8.78 Å². The molecule has 4 rings (SSSR count). The van der Waals surface area contributed by atoms with Crippen molar-refractivity contribution in [2.24, 2.45) is 5.92 Å². The molecular formula is C38H34F12O6. The van der Waals surface area contributed by atoms with Gasteiger partial charge in [0.05, 0.1) is 19.8 Å². The summed E-state index contributed by atoms with van der Waals surface area (Å²) in [5, 5.41) is 9.11. The van der Waals surface area contributed by atoms with Crippen molar-refractivity contribution in [1.82, 2.24) is 0 Å². The summed E-state index contributed by atoms with van der Waals surface area (Å²) in [5.41, 5.74) is -3.22. The first-order valence-corrected chi connectivity index (χ1v) is 17.0. The van der Waals surface area contributed by atoms with Gasteiger partial charge in [0.2, 0.25) is 34.9 Å². The Kier molecular flexibility index (Phi) is 14.5. The molecule has 306 valence electrons. The molecule has 0 fully saturated rings. The van der Waals surface area contributed by atoms with Crippen LogP contribution in [0.15, 0.2) is 48.5 Å². The molecule has 1 unspecified atom stereocenters. The molecule has 0 saturated heterocycles. The van der Waals surface area contributed by atoms with E-state index in [0.717, 1.165) is 18.2 Å². The fraction of sp³-hybridized carbons (Fsp3) is 0.368. The zero-order valence-electron chi connectivity index (χ0n) is 29.6. The van der Waals surface area contributed by atoms with Crippen LogP contribution in [0.3, 0.4) is 0 Å². The number of unbranched alkanes of at least 4 members (excludes halogenated alkanes) is 2. The van der Waals surface area contributed by atoms with Crippen molar-refractivity contribution in [1.29, 1.82) is 0 Å². The second-order valence-corrected chi connectivity index (χ2v) is 12.3. The molecule has 0 amide bonds. The third-order valence-corrected chi connectivity index (χ3v) is 8.23. The lowest BCUT2D eigenvalue weighted by Gasteiger charge is -2.20. The van der Waals surface area contributed by atoms with E-state index in [0.29, 0.717) is 68.9 Å². The lowest BCUT2D eigenvalue weighted by Crippen LogP contribution is -2.25. The van der Waals surface area contributed by atoms with E-state index >= 15 is 0 Å². The van der Waals surface area contributed by atoms with E-state index < -0.39 is 104 Å². The molecule has 6 nitrogen and oxygen atoms in total. The predicted octanol–water partition coefficient (Wildman–Crippen LogP) is 11.6. The lowest BCUT2D eigenvalue weighted by molar-refractivity contribution is -0.190. The topological polar surface area (TPSA) is 66.4 Å². The Hall–Kier alpha value is -5.16. The zero-order valence-corrected chi connectivity index (χ0v) is 29.6. The van der Waals surface area contributed by atoms with Crippen molar-refractivity contribution in [3.8, 4) is 34.5 Å². The number of ether oxygens (including phenoxy) is 5. The number of alkyl halides is 4. The van der Waals surface area contributed by atoms with Crippen molar-refractivity contribution in [3.05, 3.63) is 106 Å². The fourth-order valence-corrected chi connectivity index (χ4v) is 5.28. The fourth-order valence-electron chi connectivity index (χ4n) is 5.28. The number of benzene rings is 4. The van der Waals surface area contributed by atoms with Crippen molar-refractivity contribution < 1.29 is 81.5 Å². The zero-order chi connectivity index (χ0) is 41.4. The maximum atomic E-state index is 14.6. The summed E-state index contributed by atoms with van der Waals surface area (Å²) in [4.78, 5) is 0. The first-order chi connectivity index (χ1) is 26.4. The molecule has 56 heavy (non-hydrogen) atoms. The summed E-state index contributed by atoms with van der Waals surface area (Å²) >= 11 is 0. The molecule has 1 N–H and O–H groups in total. The van der Waals surface area contributed by atoms with Gasteiger partial charge in [-0.1, -0.05) is 19.8 Å². The van der Waals surface area contributed by atoms with Gasteiger partial charge in [-0.05, 0) is 87.1 Å². The second-order valence-electron chi connectivity index (χ2n) is 12.3. The standard InChI is InChI=1S/C38H34F12O6/c1-3-52-24-13-11-22(30(40)32(24)42)38(49,50)56-28-17-15-26(34(44)36(28)46)54-19-7-5-9-20(2)8-4-6-18-53-25-14-16-27(35(45)33(25)43)55-37(47,48)21-10-12-23(51)31(41)29(21)39/h10-17,20,51H,3-9,18-19H2,1-2H3. The summed E-state index contributed by atoms with van der Waals surface area (Å²) in [7, 11) is 0. The highest BCUT2D eigenvalue weighted by Crippen LogP contribution is 2.40. The smallest absolute Gasteiger partial charge is 0.429 e. The maximum absolute atomic E-state index is 14.6. The van der Waals surface area contributed by atoms with E-state index in [1.165, 1.54) is 6.92 Å². The number of hydrogen-bond donors (Lipinski definition) is 1. The Morgan fingerprint density at radius 1 is 0.482 bits per heavy atom. The van der Waals surface area contributed by atoms with Gasteiger partial charge in [0.1, 0.15) is 11.1 Å². The van der Waals surface area contributed by atoms with Gasteiger partial charge in [-0.2, -0.15) is 43.9 Å². The number of aromatic hydroxyl groups is 1. The highest BCUT2D eigenvalue weighted by Gasteiger charge is 2.42. The van der Waals surface area contributed by atoms with Crippen LogP contribution < -0.4 is 23.7 Å². The number of phenolic OH excluding ortho intramolecular Hbond substituents is 1. The maximum Gasteiger partial charge on any atom is 0.429 e. The summed E-state index contributed by atoms with van der Waals surface area (Å²) in [6.07, 6.45) is -5.92. The van der Waals surface area contributed by atoms with Crippen molar-refractivity contribution >= 4 is 0 Å². The quantitative estimate of drug-likeness (QED) is 0.0708. The molecule has 4 aromatic carbocycles. The molecule has 0 aliphatic heterocycles. The van der Waals surface area contributed by atoms with Crippen LogP contribution in [0, 0.1) is 52.5 Å². The molecule has 0 aliphatic carbocycles. The average Bonchev–Trinajstić information content (AvgIpc) is 3.14. The molecule has 0 saturated carbocycles. The van der Waals surface area contributed by atoms with Gasteiger partial charge < -0.3 is 28.8 Å². The summed E-state index contributed by atoms with van der Waals surface area (Å²) in [5.74, 6) is -20.3. The van der Waals surface area contributed by atoms with Crippen molar-refractivity contribution in [3.63, 3.8) is 0 Å². The summed E-state index contributed by atoms with van der Waals surface area (Å²) < 4.78 is 196. The van der Waals surface area contributed by atoms with Gasteiger partial charge in [-0.15, -0.1) is 0 Å². The minimum absolute atomic E-state index is 0.0696. The average molecular weight is 815 g/mol. The summed E-state index contributed by atoms with van der Waals surface area (Å²) in [6, 6.07) is 4.93. The molecule has 0 spiro atoms. The molecule has 4 aromatic rings. The van der Waals surface area contributed by atoms with Crippen LogP contribution in [0.2, 0.25) is 0 Å². The molecule has 1 atom stereocenters. The normalized spacial score (nSPS) is 12.4. The minimum atomic E-state index is -4.64. The Morgan fingerprint density at radius 2 is 0.839 bits per heavy atom. The Morgan fingerprint density at radius 3 is 1.30 bits per heavy atom. The second kappa shape index (κ2) is 18.7.